The molecule has 0 N–H and O–H groups in total. The van der Waals surface area contributed by atoms with Gasteiger partial charge in [0.05, 0.1) is 19.3 Å². The Hall–Kier alpha value is -0.860. The molecule has 0 spiro atoms. The molecule has 2 atom stereocenters. The second-order valence-electron chi connectivity index (χ2n) is 8.77. The van der Waals surface area contributed by atoms with E-state index in [-0.39, 0.29) is 12.2 Å². The van der Waals surface area contributed by atoms with Crippen molar-refractivity contribution in [1.82, 2.24) is 0 Å². The summed E-state index contributed by atoms with van der Waals surface area (Å²) >= 11 is 0. The molecule has 0 bridgehead atoms. The van der Waals surface area contributed by atoms with Crippen LogP contribution in [0.15, 0.2) is 24.3 Å². The van der Waals surface area contributed by atoms with Crippen molar-refractivity contribution >= 4 is 0 Å². The van der Waals surface area contributed by atoms with Gasteiger partial charge >= 0.3 is 0 Å². The lowest BCUT2D eigenvalue weighted by atomic mass is 9.77. The molecule has 1 saturated carbocycles. The third-order valence-electron chi connectivity index (χ3n) is 6.76. The first kappa shape index (κ1) is 20.9. The molecular weight excluding hydrogens is 332 g/mol. The summed E-state index contributed by atoms with van der Waals surface area (Å²) in [6.45, 7) is 5.88. The zero-order valence-corrected chi connectivity index (χ0v) is 17.6. The van der Waals surface area contributed by atoms with Gasteiger partial charge in [-0.05, 0) is 55.1 Å². The molecule has 1 aliphatic carbocycles. The van der Waals surface area contributed by atoms with Crippen LogP contribution in [0.5, 0.6) is 0 Å². The van der Waals surface area contributed by atoms with E-state index in [1.54, 1.807) is 0 Å². The Morgan fingerprint density at radius 1 is 0.778 bits per heavy atom. The molecule has 0 amide bonds. The summed E-state index contributed by atoms with van der Waals surface area (Å²) in [4.78, 5) is 0. The van der Waals surface area contributed by atoms with E-state index < -0.39 is 0 Å². The first-order valence-electron chi connectivity index (χ1n) is 11.6. The van der Waals surface area contributed by atoms with Crippen LogP contribution >= 0.6 is 0 Å². The lowest BCUT2D eigenvalue weighted by Gasteiger charge is -2.30. The number of unbranched alkanes of at least 4 members (excludes halogenated alkanes) is 4. The third kappa shape index (κ3) is 6.32. The van der Waals surface area contributed by atoms with Crippen LogP contribution < -0.4 is 0 Å². The van der Waals surface area contributed by atoms with Gasteiger partial charge in [0.1, 0.15) is 6.10 Å². The van der Waals surface area contributed by atoms with E-state index in [1.807, 2.05) is 0 Å². The molecule has 1 heterocycles. The van der Waals surface area contributed by atoms with Gasteiger partial charge in [0.15, 0.2) is 0 Å². The van der Waals surface area contributed by atoms with Crippen LogP contribution in [0, 0.1) is 5.92 Å². The van der Waals surface area contributed by atoms with E-state index in [2.05, 4.69) is 38.1 Å². The van der Waals surface area contributed by atoms with Crippen LogP contribution in [0.25, 0.3) is 0 Å². The molecule has 1 aromatic carbocycles. The number of ether oxygens (including phenoxy) is 2. The monoisotopic (exact) mass is 372 g/mol. The normalized spacial score (nSPS) is 29.0. The van der Waals surface area contributed by atoms with E-state index in [4.69, 9.17) is 9.47 Å². The van der Waals surface area contributed by atoms with Gasteiger partial charge in [0.25, 0.3) is 0 Å². The Morgan fingerprint density at radius 3 is 2.11 bits per heavy atom. The highest BCUT2D eigenvalue weighted by Gasteiger charge is 2.24. The molecule has 0 aromatic heterocycles. The van der Waals surface area contributed by atoms with Crippen LogP contribution in [-0.4, -0.2) is 19.3 Å². The fraction of sp³-hybridized carbons (Fsp3) is 0.760. The molecule has 1 aromatic rings. The highest BCUT2D eigenvalue weighted by Crippen LogP contribution is 2.38. The first-order valence-corrected chi connectivity index (χ1v) is 11.6. The van der Waals surface area contributed by atoms with Crippen molar-refractivity contribution in [2.24, 2.45) is 5.92 Å². The van der Waals surface area contributed by atoms with E-state index in [1.165, 1.54) is 75.3 Å². The summed E-state index contributed by atoms with van der Waals surface area (Å²) in [7, 11) is 0. The maximum absolute atomic E-state index is 6.00. The van der Waals surface area contributed by atoms with Crippen LogP contribution in [0.3, 0.4) is 0 Å². The van der Waals surface area contributed by atoms with Crippen LogP contribution in [-0.2, 0) is 9.47 Å². The summed E-state index contributed by atoms with van der Waals surface area (Å²) in [5, 5.41) is 0. The van der Waals surface area contributed by atoms with E-state index in [9.17, 15) is 0 Å². The second-order valence-corrected chi connectivity index (χ2v) is 8.77. The maximum Gasteiger partial charge on any atom is 0.106 e. The SMILES string of the molecule is CCCCCCCC1CCC(c2ccc([C@@H]3CO[C@@H](CC)CO3)cc2)CC1. The molecule has 27 heavy (non-hydrogen) atoms. The largest absolute Gasteiger partial charge is 0.373 e. The molecule has 1 saturated heterocycles. The molecule has 2 fully saturated rings. The fourth-order valence-corrected chi connectivity index (χ4v) is 4.78. The summed E-state index contributed by atoms with van der Waals surface area (Å²) in [6.07, 6.45) is 15.6. The van der Waals surface area contributed by atoms with Crippen LogP contribution in [0.1, 0.15) is 108 Å². The lowest BCUT2D eigenvalue weighted by Crippen LogP contribution is -2.30. The topological polar surface area (TPSA) is 18.5 Å². The fourth-order valence-electron chi connectivity index (χ4n) is 4.78. The first-order chi connectivity index (χ1) is 13.3. The average molecular weight is 373 g/mol. The number of hydrogen-bond donors (Lipinski definition) is 0. The van der Waals surface area contributed by atoms with Crippen molar-refractivity contribution in [2.75, 3.05) is 13.2 Å². The van der Waals surface area contributed by atoms with Crippen LogP contribution in [0.2, 0.25) is 0 Å². The third-order valence-corrected chi connectivity index (χ3v) is 6.76. The zero-order chi connectivity index (χ0) is 18.9. The molecule has 0 radical (unpaired) electrons. The zero-order valence-electron chi connectivity index (χ0n) is 17.6. The van der Waals surface area contributed by atoms with Gasteiger partial charge in [-0.25, -0.2) is 0 Å². The highest BCUT2D eigenvalue weighted by atomic mass is 16.6. The predicted molar refractivity (Wildman–Crippen MR) is 113 cm³/mol. The van der Waals surface area contributed by atoms with E-state index >= 15 is 0 Å². The Morgan fingerprint density at radius 2 is 1.48 bits per heavy atom. The molecular formula is C25H40O2. The molecule has 1 aliphatic heterocycles. The van der Waals surface area contributed by atoms with Crippen molar-refractivity contribution in [3.8, 4) is 0 Å². The van der Waals surface area contributed by atoms with Gasteiger partial charge in [0, 0.05) is 0 Å². The second kappa shape index (κ2) is 11.2. The molecule has 152 valence electrons. The average Bonchev–Trinajstić information content (AvgIpc) is 2.74. The van der Waals surface area contributed by atoms with Gasteiger partial charge in [-0.15, -0.1) is 0 Å². The van der Waals surface area contributed by atoms with Crippen LogP contribution in [0.4, 0.5) is 0 Å². The van der Waals surface area contributed by atoms with E-state index in [0.717, 1.165) is 24.9 Å². The predicted octanol–water partition coefficient (Wildman–Crippen LogP) is 7.19. The van der Waals surface area contributed by atoms with Gasteiger partial charge < -0.3 is 9.47 Å². The quantitative estimate of drug-likeness (QED) is 0.427. The van der Waals surface area contributed by atoms with Gasteiger partial charge in [-0.3, -0.25) is 0 Å². The summed E-state index contributed by atoms with van der Waals surface area (Å²) in [5.74, 6) is 1.75. The molecule has 2 nitrogen and oxygen atoms in total. The van der Waals surface area contributed by atoms with E-state index in [0.29, 0.717) is 6.61 Å². The van der Waals surface area contributed by atoms with Crippen molar-refractivity contribution in [2.45, 2.75) is 103 Å². The molecule has 3 rings (SSSR count). The van der Waals surface area contributed by atoms with Gasteiger partial charge in [-0.2, -0.15) is 0 Å². The molecule has 0 unspecified atom stereocenters. The van der Waals surface area contributed by atoms with Crippen molar-refractivity contribution < 1.29 is 9.47 Å². The number of hydrogen-bond acceptors (Lipinski definition) is 2. The summed E-state index contributed by atoms with van der Waals surface area (Å²) in [5.41, 5.74) is 2.80. The smallest absolute Gasteiger partial charge is 0.106 e. The van der Waals surface area contributed by atoms with Crippen molar-refractivity contribution in [3.63, 3.8) is 0 Å². The number of benzene rings is 1. The Kier molecular flexibility index (Phi) is 8.67. The Labute approximate surface area is 167 Å². The highest BCUT2D eigenvalue weighted by molar-refractivity contribution is 5.27. The summed E-state index contributed by atoms with van der Waals surface area (Å²) in [6, 6.07) is 9.24. The minimum absolute atomic E-state index is 0.116. The summed E-state index contributed by atoms with van der Waals surface area (Å²) < 4.78 is 11.9. The molecule has 2 heteroatoms. The minimum Gasteiger partial charge on any atom is -0.373 e. The standard InChI is InChI=1S/C25H40O2/c1-3-5-6-7-8-9-20-10-12-21(13-11-20)22-14-16-23(17-15-22)25-19-26-24(4-2)18-27-25/h14-17,20-21,24-25H,3-13,18-19H2,1-2H3/t20?,21?,24-,25-/m0/s1. The Balaban J connectivity index is 1.40. The van der Waals surface area contributed by atoms with Crippen molar-refractivity contribution in [3.05, 3.63) is 35.4 Å². The minimum atomic E-state index is 0.116. The number of rotatable bonds is 9. The Bertz CT molecular complexity index is 508. The molecule has 2 aliphatic rings. The van der Waals surface area contributed by atoms with Gasteiger partial charge in [0.2, 0.25) is 0 Å². The maximum atomic E-state index is 6.00. The lowest BCUT2D eigenvalue weighted by molar-refractivity contribution is -0.135. The van der Waals surface area contributed by atoms with Gasteiger partial charge in [-0.1, -0.05) is 76.6 Å². The van der Waals surface area contributed by atoms with Crippen molar-refractivity contribution in [1.29, 1.82) is 0 Å².